The summed E-state index contributed by atoms with van der Waals surface area (Å²) in [4.78, 5) is 26.6. The topological polar surface area (TPSA) is 58.6 Å². The van der Waals surface area contributed by atoms with Crippen molar-refractivity contribution in [2.75, 3.05) is 13.1 Å². The van der Waals surface area contributed by atoms with Crippen LogP contribution in [0.5, 0.6) is 5.75 Å². The Kier molecular flexibility index (Phi) is 6.05. The Hall–Kier alpha value is -2.53. The molecule has 0 unspecified atom stereocenters. The first kappa shape index (κ1) is 19.8. The first-order valence-corrected chi connectivity index (χ1v) is 10.5. The molecule has 152 valence electrons. The molecular weight excluding hydrogens is 388 g/mol. The second-order valence-corrected chi connectivity index (χ2v) is 8.13. The van der Waals surface area contributed by atoms with Crippen LogP contribution in [-0.4, -0.2) is 35.9 Å². The number of carbonyl (C=O) groups excluding carboxylic acids is 2. The Labute approximate surface area is 176 Å². The zero-order chi connectivity index (χ0) is 20.2. The van der Waals surface area contributed by atoms with Gasteiger partial charge in [0.2, 0.25) is 5.91 Å². The third kappa shape index (κ3) is 5.10. The van der Waals surface area contributed by atoms with Crippen LogP contribution in [0.3, 0.4) is 0 Å². The molecule has 5 nitrogen and oxygen atoms in total. The third-order valence-corrected chi connectivity index (χ3v) is 5.85. The number of rotatable bonds is 6. The smallest absolute Gasteiger partial charge is 0.251 e. The van der Waals surface area contributed by atoms with Gasteiger partial charge < -0.3 is 15.0 Å². The summed E-state index contributed by atoms with van der Waals surface area (Å²) in [7, 11) is 0. The molecule has 2 aliphatic rings. The van der Waals surface area contributed by atoms with Crippen molar-refractivity contribution in [2.45, 2.75) is 38.3 Å². The maximum Gasteiger partial charge on any atom is 0.251 e. The van der Waals surface area contributed by atoms with E-state index < -0.39 is 0 Å². The molecule has 29 heavy (non-hydrogen) atoms. The lowest BCUT2D eigenvalue weighted by Crippen LogP contribution is -2.42. The molecule has 2 amide bonds. The molecule has 0 aromatic heterocycles. The minimum Gasteiger partial charge on any atom is -0.490 e. The summed E-state index contributed by atoms with van der Waals surface area (Å²) in [6, 6.07) is 14.7. The Bertz CT molecular complexity index is 889. The van der Waals surface area contributed by atoms with Gasteiger partial charge in [-0.25, -0.2) is 0 Å². The van der Waals surface area contributed by atoms with E-state index in [1.165, 1.54) is 0 Å². The van der Waals surface area contributed by atoms with E-state index in [1.807, 2.05) is 35.2 Å². The van der Waals surface area contributed by atoms with Crippen molar-refractivity contribution in [3.8, 4) is 5.75 Å². The average Bonchev–Trinajstić information content (AvgIpc) is 3.59. The number of carbonyl (C=O) groups is 2. The number of benzene rings is 2. The number of nitrogens with zero attached hydrogens (tertiary/aromatic N) is 1. The summed E-state index contributed by atoms with van der Waals surface area (Å²) in [6.07, 6.45) is 3.80. The Morgan fingerprint density at radius 2 is 1.79 bits per heavy atom. The summed E-state index contributed by atoms with van der Waals surface area (Å²) in [5, 5.41) is 3.53. The molecule has 0 spiro atoms. The van der Waals surface area contributed by atoms with Crippen LogP contribution in [0.15, 0.2) is 48.5 Å². The van der Waals surface area contributed by atoms with Crippen LogP contribution >= 0.6 is 11.6 Å². The molecule has 2 aromatic rings. The van der Waals surface area contributed by atoms with Crippen molar-refractivity contribution in [3.63, 3.8) is 0 Å². The van der Waals surface area contributed by atoms with Gasteiger partial charge >= 0.3 is 0 Å². The molecule has 1 N–H and O–H groups in total. The van der Waals surface area contributed by atoms with Crippen LogP contribution in [0.4, 0.5) is 0 Å². The summed E-state index contributed by atoms with van der Waals surface area (Å²) in [5.74, 6) is 1.09. The van der Waals surface area contributed by atoms with Crippen LogP contribution in [0.1, 0.15) is 41.6 Å². The fraction of sp³-hybridized carbons (Fsp3) is 0.391. The summed E-state index contributed by atoms with van der Waals surface area (Å²) in [5.41, 5.74) is 1.43. The highest BCUT2D eigenvalue weighted by Gasteiger charge is 2.35. The number of amides is 2. The number of piperidine rings is 1. The van der Waals surface area contributed by atoms with Crippen LogP contribution in [-0.2, 0) is 11.3 Å². The fourth-order valence-electron chi connectivity index (χ4n) is 3.60. The molecule has 1 saturated heterocycles. The fourth-order valence-corrected chi connectivity index (χ4v) is 3.81. The van der Waals surface area contributed by atoms with E-state index >= 15 is 0 Å². The zero-order valence-corrected chi connectivity index (χ0v) is 17.0. The Morgan fingerprint density at radius 1 is 1.03 bits per heavy atom. The summed E-state index contributed by atoms with van der Waals surface area (Å²) in [6.45, 7) is 1.87. The van der Waals surface area contributed by atoms with E-state index in [1.54, 1.807) is 18.2 Å². The number of hydrogen-bond donors (Lipinski definition) is 1. The van der Waals surface area contributed by atoms with Gasteiger partial charge in [-0.2, -0.15) is 0 Å². The van der Waals surface area contributed by atoms with Gasteiger partial charge in [0, 0.05) is 49.0 Å². The van der Waals surface area contributed by atoms with Crippen molar-refractivity contribution in [2.24, 2.45) is 5.92 Å². The van der Waals surface area contributed by atoms with Gasteiger partial charge in [0.15, 0.2) is 0 Å². The molecule has 1 aliphatic carbocycles. The average molecular weight is 413 g/mol. The van der Waals surface area contributed by atoms with Crippen LogP contribution in [0.2, 0.25) is 5.02 Å². The maximum absolute atomic E-state index is 12.5. The van der Waals surface area contributed by atoms with Crippen molar-refractivity contribution in [1.82, 2.24) is 10.2 Å². The molecule has 0 bridgehead atoms. The van der Waals surface area contributed by atoms with Gasteiger partial charge in [0.05, 0.1) is 0 Å². The van der Waals surface area contributed by atoms with Crippen molar-refractivity contribution in [1.29, 1.82) is 0 Å². The lowest BCUT2D eigenvalue weighted by molar-refractivity contribution is -0.134. The lowest BCUT2D eigenvalue weighted by atomic mass is 10.1. The highest BCUT2D eigenvalue weighted by molar-refractivity contribution is 6.31. The van der Waals surface area contributed by atoms with Gasteiger partial charge in [0.25, 0.3) is 5.91 Å². The second-order valence-electron chi connectivity index (χ2n) is 7.72. The van der Waals surface area contributed by atoms with E-state index in [9.17, 15) is 9.59 Å². The number of nitrogens with one attached hydrogen (secondary N) is 1. The highest BCUT2D eigenvalue weighted by Crippen LogP contribution is 2.32. The molecule has 1 heterocycles. The molecular formula is C23H25ClN2O3. The second kappa shape index (κ2) is 8.87. The normalized spacial score (nSPS) is 17.1. The number of likely N-dealkylation sites (tertiary alicyclic amines) is 1. The number of ether oxygens (including phenoxy) is 1. The molecule has 2 aromatic carbocycles. The van der Waals surface area contributed by atoms with Gasteiger partial charge in [-0.1, -0.05) is 35.9 Å². The van der Waals surface area contributed by atoms with E-state index in [-0.39, 0.29) is 17.9 Å². The monoisotopic (exact) mass is 412 g/mol. The first-order chi connectivity index (χ1) is 14.1. The summed E-state index contributed by atoms with van der Waals surface area (Å²) >= 11 is 6.14. The van der Waals surface area contributed by atoms with Crippen molar-refractivity contribution in [3.05, 3.63) is 64.7 Å². The van der Waals surface area contributed by atoms with E-state index in [2.05, 4.69) is 5.32 Å². The van der Waals surface area contributed by atoms with Gasteiger partial charge in [-0.3, -0.25) is 9.59 Å². The molecule has 4 rings (SSSR count). The van der Waals surface area contributed by atoms with Crippen LogP contribution in [0.25, 0.3) is 0 Å². The van der Waals surface area contributed by atoms with Crippen LogP contribution < -0.4 is 10.1 Å². The van der Waals surface area contributed by atoms with E-state index in [0.29, 0.717) is 28.8 Å². The Morgan fingerprint density at radius 3 is 2.52 bits per heavy atom. The highest BCUT2D eigenvalue weighted by atomic mass is 35.5. The molecule has 0 atom stereocenters. The zero-order valence-electron chi connectivity index (χ0n) is 16.3. The first-order valence-electron chi connectivity index (χ1n) is 10.2. The van der Waals surface area contributed by atoms with E-state index in [0.717, 1.165) is 44.3 Å². The quantitative estimate of drug-likeness (QED) is 0.778. The minimum atomic E-state index is -0.166. The summed E-state index contributed by atoms with van der Waals surface area (Å²) < 4.78 is 6.09. The van der Waals surface area contributed by atoms with E-state index in [4.69, 9.17) is 16.3 Å². The number of halogens is 1. The van der Waals surface area contributed by atoms with Crippen LogP contribution in [0, 0.1) is 5.92 Å². The lowest BCUT2D eigenvalue weighted by Gasteiger charge is -2.32. The van der Waals surface area contributed by atoms with Gasteiger partial charge in [-0.05, 0) is 42.7 Å². The molecule has 0 radical (unpaired) electrons. The van der Waals surface area contributed by atoms with Crippen molar-refractivity contribution < 1.29 is 14.3 Å². The van der Waals surface area contributed by atoms with Gasteiger partial charge in [0.1, 0.15) is 11.9 Å². The van der Waals surface area contributed by atoms with Crippen molar-refractivity contribution >= 4 is 23.4 Å². The SMILES string of the molecule is O=C(NCc1ccccc1Cl)c1cccc(OC2CCN(C(=O)C3CC3)CC2)c1. The molecule has 6 heteroatoms. The van der Waals surface area contributed by atoms with Gasteiger partial charge in [-0.15, -0.1) is 0 Å². The third-order valence-electron chi connectivity index (χ3n) is 5.48. The Balaban J connectivity index is 1.30. The predicted octanol–water partition coefficient (Wildman–Crippen LogP) is 4.05. The molecule has 1 aliphatic heterocycles. The molecule has 2 fully saturated rings. The standard InChI is InChI=1S/C23H25ClN2O3/c24-21-7-2-1-4-18(21)15-25-22(27)17-5-3-6-20(14-17)29-19-10-12-26(13-11-19)23(28)16-8-9-16/h1-7,14,16,19H,8-13,15H2,(H,25,27). The number of hydrogen-bond acceptors (Lipinski definition) is 3. The molecule has 1 saturated carbocycles. The predicted molar refractivity (Wildman–Crippen MR) is 112 cm³/mol. The largest absolute Gasteiger partial charge is 0.490 e. The maximum atomic E-state index is 12.5. The minimum absolute atomic E-state index is 0.0692.